The number of piperidine rings is 1. The predicted octanol–water partition coefficient (Wildman–Crippen LogP) is 1.18. The molecule has 0 aromatic rings. The first-order valence-corrected chi connectivity index (χ1v) is 7.44. The molecule has 1 aliphatic heterocycles. The molecule has 0 aliphatic carbocycles. The molecule has 0 amide bonds. The second-order valence-electron chi connectivity index (χ2n) is 5.47. The van der Waals surface area contributed by atoms with Crippen LogP contribution in [-0.2, 0) is 0 Å². The highest BCUT2D eigenvalue weighted by Gasteiger charge is 2.35. The first-order valence-electron chi connectivity index (χ1n) is 7.44. The summed E-state index contributed by atoms with van der Waals surface area (Å²) in [6.07, 6.45) is 6.94. The lowest BCUT2D eigenvalue weighted by Crippen LogP contribution is -2.59. The first kappa shape index (κ1) is 15.9. The van der Waals surface area contributed by atoms with Crippen LogP contribution in [0.15, 0.2) is 0 Å². The lowest BCUT2D eigenvalue weighted by atomic mass is 9.92. The van der Waals surface area contributed by atoms with Crippen molar-refractivity contribution in [1.82, 2.24) is 5.32 Å². The van der Waals surface area contributed by atoms with Crippen molar-refractivity contribution in [2.75, 3.05) is 6.54 Å². The van der Waals surface area contributed by atoms with Gasteiger partial charge in [-0.15, -0.1) is 0 Å². The Hall–Kier alpha value is -0.160. The molecule has 4 nitrogen and oxygen atoms in total. The Morgan fingerprint density at radius 1 is 0.889 bits per heavy atom. The summed E-state index contributed by atoms with van der Waals surface area (Å²) >= 11 is 0. The molecule has 1 saturated heterocycles. The molecule has 0 saturated carbocycles. The lowest BCUT2D eigenvalue weighted by Gasteiger charge is -2.36. The molecule has 108 valence electrons. The SMILES string of the molecule is CCCCCCCCC[C@H]1NC[C@@H](O)[C@@H](O)C1O. The fraction of sp³-hybridized carbons (Fsp3) is 1.00. The zero-order chi connectivity index (χ0) is 13.4. The molecule has 0 bridgehead atoms. The minimum absolute atomic E-state index is 0.0703. The monoisotopic (exact) mass is 259 g/mol. The molecule has 0 aromatic carbocycles. The summed E-state index contributed by atoms with van der Waals surface area (Å²) in [5, 5.41) is 31.9. The average molecular weight is 259 g/mol. The van der Waals surface area contributed by atoms with Crippen molar-refractivity contribution in [3.05, 3.63) is 0 Å². The molecular weight excluding hydrogens is 230 g/mol. The van der Waals surface area contributed by atoms with Gasteiger partial charge in [0.15, 0.2) is 0 Å². The number of β-amino-alcohol motifs (C(OH)–C–C–N with tert-alkyl or cyclic N) is 1. The highest BCUT2D eigenvalue weighted by atomic mass is 16.4. The summed E-state index contributed by atoms with van der Waals surface area (Å²) in [6, 6.07) is -0.0703. The molecule has 4 atom stereocenters. The van der Waals surface area contributed by atoms with Crippen LogP contribution < -0.4 is 5.32 Å². The minimum Gasteiger partial charge on any atom is -0.389 e. The number of hydrogen-bond donors (Lipinski definition) is 4. The van der Waals surface area contributed by atoms with Gasteiger partial charge in [0.05, 0.1) is 12.2 Å². The number of aliphatic hydroxyl groups excluding tert-OH is 3. The van der Waals surface area contributed by atoms with Gasteiger partial charge in [-0.3, -0.25) is 0 Å². The van der Waals surface area contributed by atoms with Crippen molar-refractivity contribution in [3.63, 3.8) is 0 Å². The van der Waals surface area contributed by atoms with E-state index in [1.54, 1.807) is 0 Å². The Morgan fingerprint density at radius 2 is 1.50 bits per heavy atom. The van der Waals surface area contributed by atoms with E-state index in [1.807, 2.05) is 0 Å². The second-order valence-corrected chi connectivity index (χ2v) is 5.47. The van der Waals surface area contributed by atoms with E-state index in [1.165, 1.54) is 38.5 Å². The summed E-state index contributed by atoms with van der Waals surface area (Å²) in [7, 11) is 0. The van der Waals surface area contributed by atoms with Gasteiger partial charge in [-0.2, -0.15) is 0 Å². The van der Waals surface area contributed by atoms with Crippen LogP contribution in [0.25, 0.3) is 0 Å². The van der Waals surface area contributed by atoms with Gasteiger partial charge in [0.2, 0.25) is 0 Å². The van der Waals surface area contributed by atoms with Crippen molar-refractivity contribution in [3.8, 4) is 0 Å². The molecule has 4 N–H and O–H groups in total. The van der Waals surface area contributed by atoms with E-state index in [4.69, 9.17) is 0 Å². The topological polar surface area (TPSA) is 72.7 Å². The molecular formula is C14H29NO3. The summed E-state index contributed by atoms with van der Waals surface area (Å²) in [6.45, 7) is 2.59. The molecule has 0 spiro atoms. The first-order chi connectivity index (χ1) is 8.66. The van der Waals surface area contributed by atoms with E-state index in [9.17, 15) is 15.3 Å². The number of unbranched alkanes of at least 4 members (excludes halogenated alkanes) is 6. The molecule has 0 aromatic heterocycles. The maximum Gasteiger partial charge on any atom is 0.108 e. The molecule has 1 rings (SSSR count). The van der Waals surface area contributed by atoms with Gasteiger partial charge in [-0.1, -0.05) is 51.9 Å². The molecule has 1 heterocycles. The van der Waals surface area contributed by atoms with Crippen LogP contribution in [0.1, 0.15) is 58.3 Å². The van der Waals surface area contributed by atoms with Crippen LogP contribution in [0.4, 0.5) is 0 Å². The smallest absolute Gasteiger partial charge is 0.108 e. The largest absolute Gasteiger partial charge is 0.389 e. The van der Waals surface area contributed by atoms with Crippen molar-refractivity contribution >= 4 is 0 Å². The number of rotatable bonds is 8. The Bertz CT molecular complexity index is 213. The fourth-order valence-electron chi connectivity index (χ4n) is 2.57. The maximum atomic E-state index is 9.81. The Kier molecular flexibility index (Phi) is 7.82. The van der Waals surface area contributed by atoms with Gasteiger partial charge >= 0.3 is 0 Å². The second kappa shape index (κ2) is 8.86. The van der Waals surface area contributed by atoms with E-state index in [-0.39, 0.29) is 6.04 Å². The highest BCUT2D eigenvalue weighted by molar-refractivity contribution is 4.91. The van der Waals surface area contributed by atoms with Crippen molar-refractivity contribution < 1.29 is 15.3 Å². The zero-order valence-electron chi connectivity index (χ0n) is 11.5. The van der Waals surface area contributed by atoms with Gasteiger partial charge in [0.1, 0.15) is 6.10 Å². The van der Waals surface area contributed by atoms with Crippen LogP contribution in [0, 0.1) is 0 Å². The Morgan fingerprint density at radius 3 is 2.17 bits per heavy atom. The summed E-state index contributed by atoms with van der Waals surface area (Å²) in [5.74, 6) is 0. The number of aliphatic hydroxyl groups is 3. The fourth-order valence-corrected chi connectivity index (χ4v) is 2.57. The van der Waals surface area contributed by atoms with E-state index in [0.717, 1.165) is 12.8 Å². The van der Waals surface area contributed by atoms with Crippen LogP contribution >= 0.6 is 0 Å². The van der Waals surface area contributed by atoms with E-state index in [0.29, 0.717) is 6.54 Å². The Labute approximate surface area is 110 Å². The van der Waals surface area contributed by atoms with Crippen LogP contribution in [0.5, 0.6) is 0 Å². The van der Waals surface area contributed by atoms with Crippen molar-refractivity contribution in [2.24, 2.45) is 0 Å². The van der Waals surface area contributed by atoms with E-state index < -0.39 is 18.3 Å². The zero-order valence-corrected chi connectivity index (χ0v) is 11.5. The molecule has 1 fully saturated rings. The summed E-state index contributed by atoms with van der Waals surface area (Å²) in [5.41, 5.74) is 0. The third-order valence-electron chi connectivity index (χ3n) is 3.86. The average Bonchev–Trinajstić information content (AvgIpc) is 2.37. The Balaban J connectivity index is 2.05. The lowest BCUT2D eigenvalue weighted by molar-refractivity contribution is -0.0952. The van der Waals surface area contributed by atoms with Gasteiger partial charge < -0.3 is 20.6 Å². The summed E-state index contributed by atoms with van der Waals surface area (Å²) < 4.78 is 0. The minimum atomic E-state index is -0.999. The van der Waals surface area contributed by atoms with Gasteiger partial charge in [0.25, 0.3) is 0 Å². The molecule has 4 heteroatoms. The van der Waals surface area contributed by atoms with Crippen molar-refractivity contribution in [1.29, 1.82) is 0 Å². The van der Waals surface area contributed by atoms with Crippen LogP contribution in [-0.4, -0.2) is 46.2 Å². The molecule has 1 unspecified atom stereocenters. The summed E-state index contributed by atoms with van der Waals surface area (Å²) in [4.78, 5) is 0. The normalized spacial score (nSPS) is 32.7. The van der Waals surface area contributed by atoms with Gasteiger partial charge in [-0.25, -0.2) is 0 Å². The van der Waals surface area contributed by atoms with E-state index in [2.05, 4.69) is 12.2 Å². The number of nitrogens with one attached hydrogen (secondary N) is 1. The predicted molar refractivity (Wildman–Crippen MR) is 72.4 cm³/mol. The van der Waals surface area contributed by atoms with Crippen LogP contribution in [0.3, 0.4) is 0 Å². The molecule has 1 aliphatic rings. The van der Waals surface area contributed by atoms with E-state index >= 15 is 0 Å². The van der Waals surface area contributed by atoms with Gasteiger partial charge in [0, 0.05) is 12.6 Å². The maximum absolute atomic E-state index is 9.81. The van der Waals surface area contributed by atoms with Gasteiger partial charge in [-0.05, 0) is 6.42 Å². The van der Waals surface area contributed by atoms with Crippen molar-refractivity contribution in [2.45, 2.75) is 82.6 Å². The quantitative estimate of drug-likeness (QED) is 0.494. The third-order valence-corrected chi connectivity index (χ3v) is 3.86. The number of hydrogen-bond acceptors (Lipinski definition) is 4. The molecule has 18 heavy (non-hydrogen) atoms. The third kappa shape index (κ3) is 5.22. The standard InChI is InChI=1S/C14H29NO3/c1-2-3-4-5-6-7-8-9-11-13(17)14(18)12(16)10-15-11/h11-18H,2-10H2,1H3/t11-,12-,13?,14-/m1/s1. The highest BCUT2D eigenvalue weighted by Crippen LogP contribution is 2.16. The van der Waals surface area contributed by atoms with Crippen LogP contribution in [0.2, 0.25) is 0 Å². The molecule has 0 radical (unpaired) electrons.